The minimum absolute atomic E-state index is 0.0618. The summed E-state index contributed by atoms with van der Waals surface area (Å²) in [4.78, 5) is 10.7. The van der Waals surface area contributed by atoms with Gasteiger partial charge in [-0.15, -0.1) is 0 Å². The number of hydrogen-bond acceptors (Lipinski definition) is 4. The highest BCUT2D eigenvalue weighted by atomic mass is 16.6. The number of nitro benzene ring substituents is 1. The lowest BCUT2D eigenvalue weighted by molar-refractivity contribution is -0.386. The Hall–Kier alpha value is -1.62. The van der Waals surface area contributed by atoms with Gasteiger partial charge in [0, 0.05) is 24.6 Å². The van der Waals surface area contributed by atoms with Crippen LogP contribution in [0.15, 0.2) is 18.2 Å². The quantitative estimate of drug-likeness (QED) is 0.586. The van der Waals surface area contributed by atoms with E-state index in [2.05, 4.69) is 12.2 Å². The average molecular weight is 278 g/mol. The van der Waals surface area contributed by atoms with E-state index in [1.807, 2.05) is 13.0 Å². The van der Waals surface area contributed by atoms with E-state index in [0.29, 0.717) is 24.3 Å². The molecule has 0 aliphatic heterocycles. The fraction of sp³-hybridized carbons (Fsp3) is 0.600. The van der Waals surface area contributed by atoms with E-state index in [0.717, 1.165) is 18.5 Å². The normalized spacial score (nSPS) is 15.9. The maximum absolute atomic E-state index is 11.1. The molecule has 1 aliphatic rings. The summed E-state index contributed by atoms with van der Waals surface area (Å²) in [6.07, 6.45) is 3.30. The highest BCUT2D eigenvalue weighted by Gasteiger charge is 2.21. The molecule has 0 saturated heterocycles. The molecule has 1 fully saturated rings. The molecule has 1 aliphatic carbocycles. The van der Waals surface area contributed by atoms with Crippen LogP contribution in [0.25, 0.3) is 0 Å². The summed E-state index contributed by atoms with van der Waals surface area (Å²) < 4.78 is 5.63. The highest BCUT2D eigenvalue weighted by Crippen LogP contribution is 2.28. The fourth-order valence-corrected chi connectivity index (χ4v) is 1.99. The molecule has 5 nitrogen and oxygen atoms in total. The Kier molecular flexibility index (Phi) is 4.95. The first kappa shape index (κ1) is 14.8. The number of nitrogens with zero attached hydrogens (tertiary/aromatic N) is 1. The molecule has 1 saturated carbocycles. The Bertz CT molecular complexity index is 472. The molecule has 1 aromatic rings. The third-order valence-corrected chi connectivity index (χ3v) is 3.48. The molecule has 1 N–H and O–H groups in total. The van der Waals surface area contributed by atoms with Gasteiger partial charge in [-0.05, 0) is 30.9 Å². The van der Waals surface area contributed by atoms with E-state index in [4.69, 9.17) is 4.74 Å². The molecule has 0 spiro atoms. The van der Waals surface area contributed by atoms with E-state index in [9.17, 15) is 10.1 Å². The molecular formula is C15H22N2O3. The van der Waals surface area contributed by atoms with Crippen molar-refractivity contribution < 1.29 is 9.66 Å². The van der Waals surface area contributed by atoms with E-state index >= 15 is 0 Å². The van der Waals surface area contributed by atoms with Crippen LogP contribution in [0.3, 0.4) is 0 Å². The number of ether oxygens (including phenoxy) is 1. The van der Waals surface area contributed by atoms with Crippen LogP contribution in [0.5, 0.6) is 5.75 Å². The maximum atomic E-state index is 11.1. The smallest absolute Gasteiger partial charge is 0.311 e. The number of benzene rings is 1. The molecule has 2 rings (SSSR count). The molecule has 0 radical (unpaired) electrons. The van der Waals surface area contributed by atoms with E-state index in [-0.39, 0.29) is 10.6 Å². The Labute approximate surface area is 119 Å². The van der Waals surface area contributed by atoms with Crippen molar-refractivity contribution in [3.05, 3.63) is 33.9 Å². The van der Waals surface area contributed by atoms with Gasteiger partial charge in [-0.25, -0.2) is 0 Å². The second kappa shape index (κ2) is 6.70. The van der Waals surface area contributed by atoms with Crippen molar-refractivity contribution in [1.29, 1.82) is 0 Å². The summed E-state index contributed by atoms with van der Waals surface area (Å²) in [6, 6.07) is 5.87. The van der Waals surface area contributed by atoms with Crippen LogP contribution < -0.4 is 10.1 Å². The lowest BCUT2D eigenvalue weighted by Crippen LogP contribution is -2.26. The van der Waals surface area contributed by atoms with Crippen molar-refractivity contribution >= 4 is 5.69 Å². The van der Waals surface area contributed by atoms with Gasteiger partial charge >= 0.3 is 5.69 Å². The minimum atomic E-state index is -0.373. The highest BCUT2D eigenvalue weighted by molar-refractivity contribution is 5.48. The zero-order chi connectivity index (χ0) is 14.5. The molecule has 1 aromatic carbocycles. The van der Waals surface area contributed by atoms with Gasteiger partial charge in [0.15, 0.2) is 5.75 Å². The van der Waals surface area contributed by atoms with Crippen molar-refractivity contribution in [3.63, 3.8) is 0 Å². The Morgan fingerprint density at radius 3 is 2.85 bits per heavy atom. The SMILES string of the molecule is CCc1ccc(OCC(C)CNC2CC2)c([N+](=O)[O-])c1. The average Bonchev–Trinajstić information content (AvgIpc) is 3.26. The molecule has 5 heteroatoms. The number of hydrogen-bond donors (Lipinski definition) is 1. The zero-order valence-corrected chi connectivity index (χ0v) is 12.1. The van der Waals surface area contributed by atoms with Gasteiger partial charge in [0.2, 0.25) is 0 Å². The van der Waals surface area contributed by atoms with Crippen LogP contribution >= 0.6 is 0 Å². The first-order valence-corrected chi connectivity index (χ1v) is 7.23. The van der Waals surface area contributed by atoms with E-state index < -0.39 is 0 Å². The Morgan fingerprint density at radius 2 is 2.25 bits per heavy atom. The van der Waals surface area contributed by atoms with Gasteiger partial charge in [-0.3, -0.25) is 10.1 Å². The van der Waals surface area contributed by atoms with Crippen molar-refractivity contribution in [3.8, 4) is 5.75 Å². The second-order valence-electron chi connectivity index (χ2n) is 5.51. The summed E-state index contributed by atoms with van der Waals surface area (Å²) in [5.74, 6) is 0.700. The molecule has 1 atom stereocenters. The van der Waals surface area contributed by atoms with Crippen molar-refractivity contribution in [1.82, 2.24) is 5.32 Å². The summed E-state index contributed by atoms with van der Waals surface area (Å²) in [5, 5.41) is 14.5. The first-order valence-electron chi connectivity index (χ1n) is 7.23. The topological polar surface area (TPSA) is 64.4 Å². The molecule has 0 aromatic heterocycles. The number of nitrogens with one attached hydrogen (secondary N) is 1. The first-order chi connectivity index (χ1) is 9.60. The summed E-state index contributed by atoms with van der Waals surface area (Å²) in [7, 11) is 0. The van der Waals surface area contributed by atoms with Crippen LogP contribution in [0.4, 0.5) is 5.69 Å². The largest absolute Gasteiger partial charge is 0.486 e. The fourth-order valence-electron chi connectivity index (χ4n) is 1.99. The molecule has 1 unspecified atom stereocenters. The van der Waals surface area contributed by atoms with Crippen LogP contribution in [-0.2, 0) is 6.42 Å². The Balaban J connectivity index is 1.91. The summed E-state index contributed by atoms with van der Waals surface area (Å²) in [6.45, 7) is 5.45. The van der Waals surface area contributed by atoms with Gasteiger partial charge in [0.05, 0.1) is 11.5 Å². The van der Waals surface area contributed by atoms with Crippen LogP contribution in [0.2, 0.25) is 0 Å². The van der Waals surface area contributed by atoms with E-state index in [1.54, 1.807) is 12.1 Å². The monoisotopic (exact) mass is 278 g/mol. The summed E-state index contributed by atoms with van der Waals surface area (Å²) in [5.41, 5.74) is 1.01. The molecular weight excluding hydrogens is 256 g/mol. The van der Waals surface area contributed by atoms with Crippen LogP contribution in [0.1, 0.15) is 32.3 Å². The summed E-state index contributed by atoms with van der Waals surface area (Å²) >= 11 is 0. The van der Waals surface area contributed by atoms with E-state index in [1.165, 1.54) is 12.8 Å². The molecule has 0 heterocycles. The van der Waals surface area contributed by atoms with Gasteiger partial charge in [0.1, 0.15) is 0 Å². The number of rotatable bonds is 8. The maximum Gasteiger partial charge on any atom is 0.311 e. The minimum Gasteiger partial charge on any atom is -0.486 e. The van der Waals surface area contributed by atoms with Gasteiger partial charge in [-0.2, -0.15) is 0 Å². The van der Waals surface area contributed by atoms with Crippen molar-refractivity contribution in [2.24, 2.45) is 5.92 Å². The molecule has 0 amide bonds. The van der Waals surface area contributed by atoms with Crippen LogP contribution in [-0.4, -0.2) is 24.1 Å². The molecule has 0 bridgehead atoms. The lowest BCUT2D eigenvalue weighted by Gasteiger charge is -2.14. The van der Waals surface area contributed by atoms with Crippen LogP contribution in [0, 0.1) is 16.0 Å². The third-order valence-electron chi connectivity index (χ3n) is 3.48. The van der Waals surface area contributed by atoms with Gasteiger partial charge < -0.3 is 10.1 Å². The number of nitro groups is 1. The Morgan fingerprint density at radius 1 is 1.50 bits per heavy atom. The van der Waals surface area contributed by atoms with Gasteiger partial charge in [-0.1, -0.05) is 19.9 Å². The zero-order valence-electron chi connectivity index (χ0n) is 12.1. The predicted octanol–water partition coefficient (Wildman–Crippen LogP) is 2.92. The lowest BCUT2D eigenvalue weighted by atomic mass is 10.1. The number of aryl methyl sites for hydroxylation is 1. The standard InChI is InChI=1S/C15H22N2O3/c1-3-12-4-7-15(14(8-12)17(18)19)20-10-11(2)9-16-13-5-6-13/h4,7-8,11,13,16H,3,5-6,9-10H2,1-2H3. The van der Waals surface area contributed by atoms with Crippen molar-refractivity contribution in [2.45, 2.75) is 39.2 Å². The van der Waals surface area contributed by atoms with Gasteiger partial charge in [0.25, 0.3) is 0 Å². The second-order valence-corrected chi connectivity index (χ2v) is 5.51. The third kappa shape index (κ3) is 4.20. The molecule has 20 heavy (non-hydrogen) atoms. The van der Waals surface area contributed by atoms with Crippen molar-refractivity contribution in [2.75, 3.05) is 13.2 Å². The predicted molar refractivity (Wildman–Crippen MR) is 78.2 cm³/mol. The molecule has 110 valence electrons.